The quantitative estimate of drug-likeness (QED) is 0.288. The Morgan fingerprint density at radius 3 is 2.27 bits per heavy atom. The van der Waals surface area contributed by atoms with E-state index in [0.29, 0.717) is 29.7 Å². The van der Waals surface area contributed by atoms with E-state index in [1.807, 2.05) is 37.3 Å². The van der Waals surface area contributed by atoms with Crippen molar-refractivity contribution >= 4 is 21.7 Å². The molecule has 0 heterocycles. The van der Waals surface area contributed by atoms with Crippen molar-refractivity contribution in [3.63, 3.8) is 0 Å². The predicted molar refractivity (Wildman–Crippen MR) is 117 cm³/mol. The first-order chi connectivity index (χ1) is 14.5. The average Bonchev–Trinajstić information content (AvgIpc) is 2.75. The summed E-state index contributed by atoms with van der Waals surface area (Å²) in [5.74, 6) is 1.12. The molecule has 0 bridgehead atoms. The Bertz CT molecular complexity index is 1050. The van der Waals surface area contributed by atoms with Gasteiger partial charge < -0.3 is 13.7 Å². The lowest BCUT2D eigenvalue weighted by Crippen LogP contribution is -2.10. The van der Waals surface area contributed by atoms with Crippen LogP contribution in [0.2, 0.25) is 5.02 Å². The minimum atomic E-state index is -4.03. The van der Waals surface area contributed by atoms with E-state index in [0.717, 1.165) is 18.4 Å². The lowest BCUT2D eigenvalue weighted by molar-refractivity contribution is 0.306. The maximum atomic E-state index is 12.6. The van der Waals surface area contributed by atoms with Crippen LogP contribution in [0, 0.1) is 0 Å². The third-order valence-corrected chi connectivity index (χ3v) is 5.78. The number of hydrogen-bond donors (Lipinski definition) is 0. The molecular formula is C23H23ClO5S. The van der Waals surface area contributed by atoms with Gasteiger partial charge in [0.15, 0.2) is 0 Å². The van der Waals surface area contributed by atoms with Gasteiger partial charge in [0.25, 0.3) is 0 Å². The highest BCUT2D eigenvalue weighted by Gasteiger charge is 2.19. The van der Waals surface area contributed by atoms with E-state index in [4.69, 9.17) is 25.3 Å². The van der Waals surface area contributed by atoms with Gasteiger partial charge in [-0.2, -0.15) is 8.42 Å². The molecule has 0 aliphatic rings. The van der Waals surface area contributed by atoms with Gasteiger partial charge in [-0.15, -0.1) is 0 Å². The number of halogens is 1. The van der Waals surface area contributed by atoms with Gasteiger partial charge in [0.05, 0.1) is 11.6 Å². The van der Waals surface area contributed by atoms with Gasteiger partial charge in [-0.25, -0.2) is 0 Å². The molecule has 158 valence electrons. The summed E-state index contributed by atoms with van der Waals surface area (Å²) in [5.41, 5.74) is 1.04. The summed E-state index contributed by atoms with van der Waals surface area (Å²) >= 11 is 6.10. The van der Waals surface area contributed by atoms with Crippen LogP contribution in [0.4, 0.5) is 0 Å². The maximum Gasteiger partial charge on any atom is 0.339 e. The van der Waals surface area contributed by atoms with E-state index in [9.17, 15) is 8.42 Å². The second-order valence-corrected chi connectivity index (χ2v) is 8.53. The van der Waals surface area contributed by atoms with E-state index >= 15 is 0 Å². The molecule has 0 radical (unpaired) electrons. The van der Waals surface area contributed by atoms with E-state index in [-0.39, 0.29) is 10.6 Å². The molecule has 0 atom stereocenters. The molecule has 30 heavy (non-hydrogen) atoms. The van der Waals surface area contributed by atoms with Gasteiger partial charge in [-0.05, 0) is 48.4 Å². The molecule has 0 N–H and O–H groups in total. The van der Waals surface area contributed by atoms with Gasteiger partial charge in [0, 0.05) is 6.07 Å². The highest BCUT2D eigenvalue weighted by Crippen LogP contribution is 2.29. The summed E-state index contributed by atoms with van der Waals surface area (Å²) in [5, 5.41) is 0.352. The molecule has 3 aromatic rings. The van der Waals surface area contributed by atoms with Crippen LogP contribution in [0.1, 0.15) is 25.3 Å². The predicted octanol–water partition coefficient (Wildman–Crippen LogP) is 5.87. The zero-order valence-electron chi connectivity index (χ0n) is 16.6. The highest BCUT2D eigenvalue weighted by molar-refractivity contribution is 7.87. The Balaban J connectivity index is 1.65. The van der Waals surface area contributed by atoms with Crippen LogP contribution in [0.15, 0.2) is 77.7 Å². The molecule has 3 aromatic carbocycles. The van der Waals surface area contributed by atoms with Gasteiger partial charge in [0.1, 0.15) is 28.8 Å². The minimum absolute atomic E-state index is 0.0252. The van der Waals surface area contributed by atoms with Crippen molar-refractivity contribution in [2.45, 2.75) is 31.3 Å². The normalized spacial score (nSPS) is 11.1. The van der Waals surface area contributed by atoms with Gasteiger partial charge in [-0.1, -0.05) is 55.3 Å². The summed E-state index contributed by atoms with van der Waals surface area (Å²) in [6, 6.07) is 20.4. The van der Waals surface area contributed by atoms with Crippen LogP contribution in [-0.4, -0.2) is 15.0 Å². The van der Waals surface area contributed by atoms with Crippen molar-refractivity contribution in [1.82, 2.24) is 0 Å². The van der Waals surface area contributed by atoms with Crippen LogP contribution in [-0.2, 0) is 16.7 Å². The second kappa shape index (κ2) is 10.4. The molecule has 0 fully saturated rings. The first-order valence-electron chi connectivity index (χ1n) is 9.61. The number of unbranched alkanes of at least 4 members (excludes halogenated alkanes) is 1. The SMILES string of the molecule is CCCCOc1cc(S(=O)(=O)Oc2ccc(OCc3ccccc3)cc2)ccc1Cl. The first-order valence-corrected chi connectivity index (χ1v) is 11.4. The van der Waals surface area contributed by atoms with Crippen molar-refractivity contribution in [2.75, 3.05) is 6.61 Å². The van der Waals surface area contributed by atoms with E-state index in [2.05, 4.69) is 0 Å². The molecule has 5 nitrogen and oxygen atoms in total. The second-order valence-electron chi connectivity index (χ2n) is 6.58. The standard InChI is InChI=1S/C23H23ClO5S/c1-2-3-15-27-23-16-21(13-14-22(23)24)30(25,26)29-20-11-9-19(10-12-20)28-17-18-7-5-4-6-8-18/h4-14,16H,2-3,15,17H2,1H3. The topological polar surface area (TPSA) is 61.8 Å². The monoisotopic (exact) mass is 446 g/mol. The Morgan fingerprint density at radius 2 is 1.57 bits per heavy atom. The lowest BCUT2D eigenvalue weighted by Gasteiger charge is -2.11. The van der Waals surface area contributed by atoms with Crippen molar-refractivity contribution in [3.8, 4) is 17.2 Å². The summed E-state index contributed by atoms with van der Waals surface area (Å²) in [6.45, 7) is 2.92. The van der Waals surface area contributed by atoms with Crippen LogP contribution in [0.5, 0.6) is 17.2 Å². The third kappa shape index (κ3) is 6.15. The minimum Gasteiger partial charge on any atom is -0.492 e. The number of ether oxygens (including phenoxy) is 2. The molecule has 0 aromatic heterocycles. The molecule has 3 rings (SSSR count). The van der Waals surface area contributed by atoms with Gasteiger partial charge in [0.2, 0.25) is 0 Å². The molecule has 0 aliphatic heterocycles. The fourth-order valence-corrected chi connectivity index (χ4v) is 3.70. The molecule has 0 unspecified atom stereocenters. The molecule has 0 spiro atoms. The largest absolute Gasteiger partial charge is 0.492 e. The van der Waals surface area contributed by atoms with Crippen molar-refractivity contribution in [1.29, 1.82) is 0 Å². The fraction of sp³-hybridized carbons (Fsp3) is 0.217. The van der Waals surface area contributed by atoms with E-state index < -0.39 is 10.1 Å². The Hall–Kier alpha value is -2.70. The zero-order valence-corrected chi connectivity index (χ0v) is 18.2. The van der Waals surface area contributed by atoms with Crippen molar-refractivity contribution < 1.29 is 22.1 Å². The first kappa shape index (κ1) is 22.0. The molecule has 0 saturated carbocycles. The van der Waals surface area contributed by atoms with Gasteiger partial charge >= 0.3 is 10.1 Å². The van der Waals surface area contributed by atoms with Crippen LogP contribution < -0.4 is 13.7 Å². The molecular weight excluding hydrogens is 424 g/mol. The summed E-state index contributed by atoms with van der Waals surface area (Å²) < 4.78 is 41.8. The number of rotatable bonds is 10. The maximum absolute atomic E-state index is 12.6. The van der Waals surface area contributed by atoms with E-state index in [1.165, 1.54) is 18.2 Å². The zero-order chi connectivity index (χ0) is 21.4. The van der Waals surface area contributed by atoms with Crippen molar-refractivity contribution in [3.05, 3.63) is 83.4 Å². The lowest BCUT2D eigenvalue weighted by atomic mass is 10.2. The number of hydrogen-bond acceptors (Lipinski definition) is 5. The molecule has 0 amide bonds. The summed E-state index contributed by atoms with van der Waals surface area (Å²) in [7, 11) is -4.03. The summed E-state index contributed by atoms with van der Waals surface area (Å²) in [6.07, 6.45) is 1.81. The molecule has 7 heteroatoms. The van der Waals surface area contributed by atoms with Crippen LogP contribution in [0.3, 0.4) is 0 Å². The van der Waals surface area contributed by atoms with Crippen molar-refractivity contribution in [2.24, 2.45) is 0 Å². The van der Waals surface area contributed by atoms with Gasteiger partial charge in [-0.3, -0.25) is 0 Å². The van der Waals surface area contributed by atoms with Crippen LogP contribution in [0.25, 0.3) is 0 Å². The molecule has 0 saturated heterocycles. The Morgan fingerprint density at radius 1 is 0.867 bits per heavy atom. The Labute approximate surface area is 182 Å². The summed E-state index contributed by atoms with van der Waals surface area (Å²) in [4.78, 5) is -0.0252. The average molecular weight is 447 g/mol. The molecule has 0 aliphatic carbocycles. The Kier molecular flexibility index (Phi) is 7.60. The van der Waals surface area contributed by atoms with E-state index in [1.54, 1.807) is 24.3 Å². The highest BCUT2D eigenvalue weighted by atomic mass is 35.5. The smallest absolute Gasteiger partial charge is 0.339 e. The fourth-order valence-electron chi connectivity index (χ4n) is 2.58. The van der Waals surface area contributed by atoms with Crippen LogP contribution >= 0.6 is 11.6 Å². The third-order valence-electron chi connectivity index (χ3n) is 4.22. The number of benzene rings is 3.